The molecule has 0 amide bonds. The zero-order chi connectivity index (χ0) is 15.0. The van der Waals surface area contributed by atoms with Gasteiger partial charge in [-0.15, -0.1) is 0 Å². The van der Waals surface area contributed by atoms with Crippen LogP contribution in [0, 0.1) is 6.07 Å². The van der Waals surface area contributed by atoms with Crippen molar-refractivity contribution in [3.05, 3.63) is 54.1 Å². The smallest absolute Gasteiger partial charge is 0.383 e. The molecule has 0 atom stereocenters. The van der Waals surface area contributed by atoms with Gasteiger partial charge in [-0.3, -0.25) is 0 Å². The van der Waals surface area contributed by atoms with Crippen LogP contribution < -0.4 is 5.73 Å². The van der Waals surface area contributed by atoms with Crippen LogP contribution in [-0.2, 0) is 6.18 Å². The second-order valence-corrected chi connectivity index (χ2v) is 4.44. The Balaban J connectivity index is 2.08. The van der Waals surface area contributed by atoms with Crippen molar-refractivity contribution in [2.45, 2.75) is 6.18 Å². The lowest BCUT2D eigenvalue weighted by Crippen LogP contribution is -2.04. The largest absolute Gasteiger partial charge is 0.416 e. The van der Waals surface area contributed by atoms with E-state index in [9.17, 15) is 13.2 Å². The summed E-state index contributed by atoms with van der Waals surface area (Å²) in [6, 6.07) is 12.8. The molecule has 3 rings (SSSR count). The fraction of sp³-hybridized carbons (Fsp3) is 0.0667. The number of hydrogen-bond donors (Lipinski definition) is 1. The topological polar surface area (TPSA) is 51.8 Å². The van der Waals surface area contributed by atoms with Crippen LogP contribution in [-0.4, -0.2) is 9.97 Å². The Hall–Kier alpha value is -2.63. The average molecular weight is 288 g/mol. The molecule has 0 fully saturated rings. The Labute approximate surface area is 118 Å². The monoisotopic (exact) mass is 288 g/mol. The minimum absolute atomic E-state index is 0.270. The second kappa shape index (κ2) is 4.73. The van der Waals surface area contributed by atoms with E-state index < -0.39 is 11.7 Å². The number of anilines is 1. The summed E-state index contributed by atoms with van der Waals surface area (Å²) in [4.78, 5) is 8.40. The fourth-order valence-electron chi connectivity index (χ4n) is 1.97. The first-order valence-electron chi connectivity index (χ1n) is 6.07. The van der Waals surface area contributed by atoms with Crippen molar-refractivity contribution in [3.8, 4) is 11.4 Å². The van der Waals surface area contributed by atoms with Crippen LogP contribution in [0.4, 0.5) is 19.0 Å². The first-order chi connectivity index (χ1) is 9.95. The molecule has 0 spiro atoms. The van der Waals surface area contributed by atoms with Gasteiger partial charge in [-0.2, -0.15) is 13.2 Å². The zero-order valence-electron chi connectivity index (χ0n) is 10.6. The molecule has 2 N–H and O–H groups in total. The number of aromatic nitrogens is 2. The summed E-state index contributed by atoms with van der Waals surface area (Å²) in [6.45, 7) is 0. The minimum atomic E-state index is -4.37. The predicted molar refractivity (Wildman–Crippen MR) is 73.2 cm³/mol. The van der Waals surface area contributed by atoms with Gasteiger partial charge in [0.15, 0.2) is 5.82 Å². The number of hydrogen-bond acceptors (Lipinski definition) is 3. The second-order valence-electron chi connectivity index (χ2n) is 4.44. The molecule has 1 radical (unpaired) electrons. The number of benzene rings is 2. The molecule has 0 saturated carbocycles. The molecule has 0 unspecified atom stereocenters. The van der Waals surface area contributed by atoms with Crippen molar-refractivity contribution >= 4 is 16.7 Å². The fourth-order valence-corrected chi connectivity index (χ4v) is 1.97. The highest BCUT2D eigenvalue weighted by molar-refractivity contribution is 5.89. The molecule has 2 aromatic carbocycles. The number of rotatable bonds is 1. The van der Waals surface area contributed by atoms with Gasteiger partial charge in [-0.25, -0.2) is 9.97 Å². The minimum Gasteiger partial charge on any atom is -0.383 e. The summed E-state index contributed by atoms with van der Waals surface area (Å²) in [5.74, 6) is 0.544. The third-order valence-electron chi connectivity index (χ3n) is 3.02. The van der Waals surface area contributed by atoms with E-state index in [1.165, 1.54) is 12.1 Å². The van der Waals surface area contributed by atoms with Crippen LogP contribution in [0.25, 0.3) is 22.3 Å². The normalized spacial score (nSPS) is 11.8. The first-order valence-corrected chi connectivity index (χ1v) is 6.07. The summed E-state index contributed by atoms with van der Waals surface area (Å²) in [7, 11) is 0. The zero-order valence-corrected chi connectivity index (χ0v) is 10.6. The van der Waals surface area contributed by atoms with Gasteiger partial charge in [-0.1, -0.05) is 24.3 Å². The lowest BCUT2D eigenvalue weighted by atomic mass is 10.1. The molecule has 6 heteroatoms. The molecule has 0 aliphatic heterocycles. The van der Waals surface area contributed by atoms with Gasteiger partial charge in [-0.05, 0) is 18.2 Å². The Bertz CT molecular complexity index is 795. The number of fused-ring (bicyclic) bond motifs is 1. The van der Waals surface area contributed by atoms with Gasteiger partial charge in [0, 0.05) is 17.0 Å². The highest BCUT2D eigenvalue weighted by atomic mass is 19.4. The van der Waals surface area contributed by atoms with E-state index in [-0.39, 0.29) is 11.6 Å². The van der Waals surface area contributed by atoms with E-state index in [4.69, 9.17) is 5.73 Å². The van der Waals surface area contributed by atoms with E-state index in [2.05, 4.69) is 16.0 Å². The van der Waals surface area contributed by atoms with E-state index in [0.717, 1.165) is 12.1 Å². The van der Waals surface area contributed by atoms with Crippen LogP contribution in [0.3, 0.4) is 0 Å². The lowest BCUT2D eigenvalue weighted by Gasteiger charge is -2.08. The number of nitrogen functional groups attached to an aromatic ring is 1. The molecule has 0 aliphatic carbocycles. The molecule has 3 nitrogen and oxygen atoms in total. The SMILES string of the molecule is Nc1nc(-c2ccc(C(F)(F)F)cc2)nc2[c]cccc12. The summed E-state index contributed by atoms with van der Waals surface area (Å²) >= 11 is 0. The number of para-hydroxylation sites is 1. The lowest BCUT2D eigenvalue weighted by molar-refractivity contribution is -0.137. The first kappa shape index (κ1) is 13.4. The molecule has 1 heterocycles. The molecular formula is C15H9F3N3. The summed E-state index contributed by atoms with van der Waals surface area (Å²) in [6.07, 6.45) is -4.37. The van der Waals surface area contributed by atoms with Crippen molar-refractivity contribution in [2.75, 3.05) is 5.73 Å². The van der Waals surface area contributed by atoms with Crippen LogP contribution in [0.1, 0.15) is 5.56 Å². The van der Waals surface area contributed by atoms with Crippen LogP contribution >= 0.6 is 0 Å². The molecule has 105 valence electrons. The number of nitrogens with zero attached hydrogens (tertiary/aromatic N) is 2. The molecule has 0 saturated heterocycles. The van der Waals surface area contributed by atoms with Crippen molar-refractivity contribution in [1.82, 2.24) is 9.97 Å². The van der Waals surface area contributed by atoms with Crippen LogP contribution in [0.15, 0.2) is 42.5 Å². The third kappa shape index (κ3) is 2.52. The van der Waals surface area contributed by atoms with E-state index in [1.54, 1.807) is 18.2 Å². The highest BCUT2D eigenvalue weighted by Gasteiger charge is 2.30. The standard InChI is InChI=1S/C15H9F3N3/c16-15(17,18)10-7-5-9(6-8-10)14-20-12-4-2-1-3-11(12)13(19)21-14/h1-3,5-8H,(H2,19,20,21). The van der Waals surface area contributed by atoms with Gasteiger partial charge < -0.3 is 5.73 Å². The van der Waals surface area contributed by atoms with Gasteiger partial charge in [0.05, 0.1) is 11.1 Å². The van der Waals surface area contributed by atoms with Gasteiger partial charge in [0.1, 0.15) is 5.82 Å². The molecule has 0 aliphatic rings. The van der Waals surface area contributed by atoms with Crippen molar-refractivity contribution in [2.24, 2.45) is 0 Å². The van der Waals surface area contributed by atoms with Crippen molar-refractivity contribution in [3.63, 3.8) is 0 Å². The van der Waals surface area contributed by atoms with E-state index in [1.807, 2.05) is 0 Å². The van der Waals surface area contributed by atoms with Crippen LogP contribution in [0.5, 0.6) is 0 Å². The summed E-state index contributed by atoms with van der Waals surface area (Å²) in [5, 5.41) is 0.660. The Morgan fingerprint density at radius 2 is 1.71 bits per heavy atom. The molecule has 21 heavy (non-hydrogen) atoms. The third-order valence-corrected chi connectivity index (χ3v) is 3.02. The maximum Gasteiger partial charge on any atom is 0.416 e. The van der Waals surface area contributed by atoms with E-state index >= 15 is 0 Å². The maximum atomic E-state index is 12.5. The number of nitrogens with two attached hydrogens (primary N) is 1. The molecule has 3 aromatic rings. The predicted octanol–water partition coefficient (Wildman–Crippen LogP) is 3.70. The molecule has 0 bridgehead atoms. The van der Waals surface area contributed by atoms with E-state index in [0.29, 0.717) is 16.5 Å². The maximum absolute atomic E-state index is 12.5. The van der Waals surface area contributed by atoms with Crippen LogP contribution in [0.2, 0.25) is 0 Å². The van der Waals surface area contributed by atoms with Gasteiger partial charge >= 0.3 is 6.18 Å². The highest BCUT2D eigenvalue weighted by Crippen LogP contribution is 2.31. The van der Waals surface area contributed by atoms with Gasteiger partial charge in [0.2, 0.25) is 0 Å². The molecular weight excluding hydrogens is 279 g/mol. The number of halogens is 3. The van der Waals surface area contributed by atoms with Crippen molar-refractivity contribution < 1.29 is 13.2 Å². The Morgan fingerprint density at radius 1 is 1.00 bits per heavy atom. The average Bonchev–Trinajstić information content (AvgIpc) is 2.46. The summed E-state index contributed by atoms with van der Waals surface area (Å²) in [5.41, 5.74) is 6.12. The Kier molecular flexibility index (Phi) is 3.01. The molecule has 1 aromatic heterocycles. The van der Waals surface area contributed by atoms with Gasteiger partial charge in [0.25, 0.3) is 0 Å². The quantitative estimate of drug-likeness (QED) is 0.743. The summed E-state index contributed by atoms with van der Waals surface area (Å²) < 4.78 is 37.6. The Morgan fingerprint density at radius 3 is 2.38 bits per heavy atom. The number of alkyl halides is 3. The van der Waals surface area contributed by atoms with Crippen molar-refractivity contribution in [1.29, 1.82) is 0 Å².